The molecule has 1 aromatic rings. The van der Waals surface area contributed by atoms with Gasteiger partial charge in [-0.15, -0.1) is 0 Å². The number of hydrogen-bond acceptors (Lipinski definition) is 2. The van der Waals surface area contributed by atoms with E-state index in [1.54, 1.807) is 4.90 Å². The van der Waals surface area contributed by atoms with Crippen LogP contribution in [0.5, 0.6) is 0 Å². The highest BCUT2D eigenvalue weighted by atomic mass is 35.5. The summed E-state index contributed by atoms with van der Waals surface area (Å²) in [6.45, 7) is 6.56. The Morgan fingerprint density at radius 2 is 1.97 bits per heavy atom. The molecule has 1 aliphatic heterocycles. The number of amides is 1. The molecular formula is C24H32ClNO3. The monoisotopic (exact) mass is 417 g/mol. The molecule has 0 unspecified atom stereocenters. The van der Waals surface area contributed by atoms with Gasteiger partial charge in [-0.3, -0.25) is 9.59 Å². The van der Waals surface area contributed by atoms with Crippen molar-refractivity contribution in [3.05, 3.63) is 46.1 Å². The first kappa shape index (κ1) is 21.9. The minimum absolute atomic E-state index is 0.0365. The summed E-state index contributed by atoms with van der Waals surface area (Å²) in [7, 11) is 0. The van der Waals surface area contributed by atoms with Gasteiger partial charge in [0.1, 0.15) is 0 Å². The zero-order valence-corrected chi connectivity index (χ0v) is 18.5. The fraction of sp³-hybridized carbons (Fsp3) is 0.583. The van der Waals surface area contributed by atoms with E-state index in [-0.39, 0.29) is 24.8 Å². The Balaban J connectivity index is 1.93. The van der Waals surface area contributed by atoms with Crippen LogP contribution in [0, 0.1) is 5.92 Å². The number of aliphatic carboxylic acids is 1. The van der Waals surface area contributed by atoms with E-state index >= 15 is 0 Å². The molecule has 1 saturated carbocycles. The summed E-state index contributed by atoms with van der Waals surface area (Å²) in [6.07, 6.45) is 8.40. The van der Waals surface area contributed by atoms with Crippen molar-refractivity contribution in [3.63, 3.8) is 0 Å². The lowest BCUT2D eigenvalue weighted by molar-refractivity contribution is -0.138. The highest BCUT2D eigenvalue weighted by Gasteiger charge is 2.40. The Morgan fingerprint density at radius 3 is 2.55 bits per heavy atom. The van der Waals surface area contributed by atoms with E-state index in [1.807, 2.05) is 6.20 Å². The highest BCUT2D eigenvalue weighted by molar-refractivity contribution is 6.31. The summed E-state index contributed by atoms with van der Waals surface area (Å²) in [5, 5.41) is 9.78. The molecule has 5 heteroatoms. The number of rotatable bonds is 6. The Kier molecular flexibility index (Phi) is 6.72. The molecule has 2 aliphatic rings. The normalized spacial score (nSPS) is 23.4. The Morgan fingerprint density at radius 1 is 1.28 bits per heavy atom. The fourth-order valence-electron chi connectivity index (χ4n) is 4.96. The van der Waals surface area contributed by atoms with Crippen molar-refractivity contribution in [1.82, 2.24) is 4.90 Å². The summed E-state index contributed by atoms with van der Waals surface area (Å²) in [6, 6.07) is 6.37. The molecule has 1 heterocycles. The standard InChI is InChI=1S/C24H32ClNO3/c1-16(2)20-15-26(12-11-23(28)29)22(27)14-24(20,3)18-9-10-19(21(25)13-18)17-7-5-4-6-8-17/h9-10,13,15-17H,4-8,11-12,14H2,1-3H3,(H,28,29)/t24-/m1/s1. The maximum Gasteiger partial charge on any atom is 0.305 e. The third-order valence-corrected chi connectivity index (χ3v) is 6.96. The van der Waals surface area contributed by atoms with E-state index in [2.05, 4.69) is 39.0 Å². The van der Waals surface area contributed by atoms with Crippen molar-refractivity contribution in [1.29, 1.82) is 0 Å². The molecule has 0 radical (unpaired) electrons. The van der Waals surface area contributed by atoms with E-state index in [4.69, 9.17) is 16.7 Å². The first-order chi connectivity index (χ1) is 13.7. The van der Waals surface area contributed by atoms with Crippen molar-refractivity contribution in [2.24, 2.45) is 5.92 Å². The molecule has 4 nitrogen and oxygen atoms in total. The van der Waals surface area contributed by atoms with Crippen LogP contribution in [0.2, 0.25) is 5.02 Å². The van der Waals surface area contributed by atoms with Gasteiger partial charge in [-0.25, -0.2) is 0 Å². The van der Waals surface area contributed by atoms with Crippen LogP contribution in [0.1, 0.15) is 82.8 Å². The van der Waals surface area contributed by atoms with Gasteiger partial charge < -0.3 is 10.0 Å². The predicted octanol–water partition coefficient (Wildman–Crippen LogP) is 5.89. The summed E-state index contributed by atoms with van der Waals surface area (Å²) in [4.78, 5) is 25.3. The SMILES string of the molecule is CC(C)C1=CN(CCC(=O)O)C(=O)C[C@]1(C)c1ccc(C2CCCCC2)c(Cl)c1. The fourth-order valence-corrected chi connectivity index (χ4v) is 5.30. The number of carboxylic acid groups (broad SMARTS) is 1. The molecule has 158 valence electrons. The van der Waals surface area contributed by atoms with Gasteiger partial charge in [0, 0.05) is 29.6 Å². The van der Waals surface area contributed by atoms with E-state index in [1.165, 1.54) is 37.7 Å². The largest absolute Gasteiger partial charge is 0.481 e. The van der Waals surface area contributed by atoms with Crippen molar-refractivity contribution in [3.8, 4) is 0 Å². The minimum Gasteiger partial charge on any atom is -0.481 e. The van der Waals surface area contributed by atoms with Crippen LogP contribution in [-0.2, 0) is 15.0 Å². The zero-order chi connectivity index (χ0) is 21.2. The van der Waals surface area contributed by atoms with Gasteiger partial charge >= 0.3 is 5.97 Å². The van der Waals surface area contributed by atoms with Crippen LogP contribution in [0.3, 0.4) is 0 Å². The van der Waals surface area contributed by atoms with E-state index in [0.717, 1.165) is 16.2 Å². The number of nitrogens with zero attached hydrogens (tertiary/aromatic N) is 1. The number of carbonyl (C=O) groups excluding carboxylic acids is 1. The molecule has 0 bridgehead atoms. The number of hydrogen-bond donors (Lipinski definition) is 1. The van der Waals surface area contributed by atoms with Crippen molar-refractivity contribution >= 4 is 23.5 Å². The summed E-state index contributed by atoms with van der Waals surface area (Å²) in [5.74, 6) is -0.156. The molecular weight excluding hydrogens is 386 g/mol. The Bertz CT molecular complexity index is 810. The molecule has 1 aliphatic carbocycles. The molecule has 0 saturated heterocycles. The Labute approximate surface area is 178 Å². The number of carboxylic acids is 1. The number of carbonyl (C=O) groups is 2. The zero-order valence-electron chi connectivity index (χ0n) is 17.7. The van der Waals surface area contributed by atoms with Crippen LogP contribution >= 0.6 is 11.6 Å². The molecule has 29 heavy (non-hydrogen) atoms. The quantitative estimate of drug-likeness (QED) is 0.627. The number of benzene rings is 1. The van der Waals surface area contributed by atoms with Crippen LogP contribution in [0.25, 0.3) is 0 Å². The second-order valence-corrected chi connectivity index (χ2v) is 9.46. The number of allylic oxidation sites excluding steroid dienone is 1. The van der Waals surface area contributed by atoms with Crippen LogP contribution in [0.15, 0.2) is 30.0 Å². The molecule has 1 amide bonds. The van der Waals surface area contributed by atoms with Crippen LogP contribution < -0.4 is 0 Å². The molecule has 1 fully saturated rings. The maximum atomic E-state index is 12.8. The lowest BCUT2D eigenvalue weighted by Gasteiger charge is -2.41. The minimum atomic E-state index is -0.893. The average molecular weight is 418 g/mol. The number of halogens is 1. The van der Waals surface area contributed by atoms with Gasteiger partial charge in [-0.05, 0) is 47.4 Å². The molecule has 1 atom stereocenters. The van der Waals surface area contributed by atoms with Crippen LogP contribution in [0.4, 0.5) is 0 Å². The first-order valence-electron chi connectivity index (χ1n) is 10.8. The van der Waals surface area contributed by atoms with Gasteiger partial charge in [0.15, 0.2) is 0 Å². The third-order valence-electron chi connectivity index (χ3n) is 6.63. The second kappa shape index (κ2) is 8.91. The topological polar surface area (TPSA) is 57.6 Å². The second-order valence-electron chi connectivity index (χ2n) is 9.05. The van der Waals surface area contributed by atoms with Gasteiger partial charge in [0.2, 0.25) is 5.91 Å². The van der Waals surface area contributed by atoms with Crippen molar-refractivity contribution in [2.45, 2.75) is 77.0 Å². The van der Waals surface area contributed by atoms with Crippen LogP contribution in [-0.4, -0.2) is 28.4 Å². The smallest absolute Gasteiger partial charge is 0.305 e. The summed E-state index contributed by atoms with van der Waals surface area (Å²) < 4.78 is 0. The highest BCUT2D eigenvalue weighted by Crippen LogP contribution is 2.45. The van der Waals surface area contributed by atoms with Crippen molar-refractivity contribution < 1.29 is 14.7 Å². The Hall–Kier alpha value is -1.81. The average Bonchev–Trinajstić information content (AvgIpc) is 2.67. The molecule has 0 spiro atoms. The van der Waals surface area contributed by atoms with E-state index < -0.39 is 11.4 Å². The van der Waals surface area contributed by atoms with Gasteiger partial charge in [0.25, 0.3) is 0 Å². The van der Waals surface area contributed by atoms with Gasteiger partial charge in [-0.1, -0.05) is 63.8 Å². The van der Waals surface area contributed by atoms with Gasteiger partial charge in [-0.2, -0.15) is 0 Å². The van der Waals surface area contributed by atoms with Crippen molar-refractivity contribution in [2.75, 3.05) is 6.54 Å². The predicted molar refractivity (Wildman–Crippen MR) is 116 cm³/mol. The molecule has 1 aromatic carbocycles. The molecule has 3 rings (SSSR count). The lowest BCUT2D eigenvalue weighted by Crippen LogP contribution is -2.42. The van der Waals surface area contributed by atoms with E-state index in [9.17, 15) is 9.59 Å². The van der Waals surface area contributed by atoms with E-state index in [0.29, 0.717) is 12.3 Å². The first-order valence-corrected chi connectivity index (χ1v) is 11.1. The van der Waals surface area contributed by atoms with Gasteiger partial charge in [0.05, 0.1) is 6.42 Å². The molecule has 1 N–H and O–H groups in total. The maximum absolute atomic E-state index is 12.8. The molecule has 0 aromatic heterocycles. The lowest BCUT2D eigenvalue weighted by atomic mass is 9.68. The summed E-state index contributed by atoms with van der Waals surface area (Å²) >= 11 is 6.74. The summed E-state index contributed by atoms with van der Waals surface area (Å²) in [5.41, 5.74) is 3.01. The third kappa shape index (κ3) is 4.69.